The number of carboxylic acid groups (broad SMARTS) is 1. The van der Waals surface area contributed by atoms with Crippen molar-refractivity contribution < 1.29 is 15.0 Å². The average Bonchev–Trinajstić information content (AvgIpc) is 2.97. The molecule has 2 fully saturated rings. The van der Waals surface area contributed by atoms with E-state index in [1.54, 1.807) is 12.1 Å². The molecular formula is C19H28N2O3. The Morgan fingerprint density at radius 1 is 1.00 bits per heavy atom. The average molecular weight is 332 g/mol. The lowest BCUT2D eigenvalue weighted by Gasteiger charge is -2.30. The molecule has 2 saturated heterocycles. The monoisotopic (exact) mass is 332 g/mol. The maximum absolute atomic E-state index is 10.9. The zero-order valence-corrected chi connectivity index (χ0v) is 14.2. The maximum atomic E-state index is 10.9. The van der Waals surface area contributed by atoms with Crippen LogP contribution in [0.1, 0.15) is 35.2 Å². The molecule has 0 amide bonds. The van der Waals surface area contributed by atoms with E-state index in [2.05, 4.69) is 9.80 Å². The lowest BCUT2D eigenvalue weighted by atomic mass is 9.95. The van der Waals surface area contributed by atoms with Gasteiger partial charge in [0, 0.05) is 32.8 Å². The van der Waals surface area contributed by atoms with Crippen molar-refractivity contribution in [1.29, 1.82) is 0 Å². The molecule has 0 spiro atoms. The van der Waals surface area contributed by atoms with Gasteiger partial charge >= 0.3 is 5.97 Å². The Labute approximate surface area is 143 Å². The van der Waals surface area contributed by atoms with Crippen LogP contribution in [0, 0.1) is 11.8 Å². The minimum Gasteiger partial charge on any atom is -0.478 e. The number of hydrogen-bond acceptors (Lipinski definition) is 4. The van der Waals surface area contributed by atoms with Gasteiger partial charge in [-0.05, 0) is 55.5 Å². The van der Waals surface area contributed by atoms with Crippen molar-refractivity contribution in [2.45, 2.75) is 25.8 Å². The van der Waals surface area contributed by atoms with E-state index in [0.29, 0.717) is 17.4 Å². The molecule has 5 heteroatoms. The molecule has 2 heterocycles. The molecule has 2 aliphatic heterocycles. The molecule has 0 aromatic heterocycles. The Kier molecular flexibility index (Phi) is 5.87. The van der Waals surface area contributed by atoms with Gasteiger partial charge in [0.1, 0.15) is 0 Å². The second-order valence-corrected chi connectivity index (χ2v) is 7.26. The van der Waals surface area contributed by atoms with E-state index in [1.807, 2.05) is 12.1 Å². The SMILES string of the molecule is O=C(O)c1ccc(CN2C[C@@H](CO)[C@@H](CN3CCCCC3)C2)cc1. The van der Waals surface area contributed by atoms with Crippen LogP contribution in [0.4, 0.5) is 0 Å². The molecule has 1 aromatic rings. The highest BCUT2D eigenvalue weighted by Crippen LogP contribution is 2.26. The van der Waals surface area contributed by atoms with E-state index in [1.165, 1.54) is 32.4 Å². The van der Waals surface area contributed by atoms with E-state index in [-0.39, 0.29) is 6.61 Å². The molecule has 2 aliphatic rings. The molecule has 132 valence electrons. The number of likely N-dealkylation sites (tertiary alicyclic amines) is 2. The fourth-order valence-corrected chi connectivity index (χ4v) is 4.06. The van der Waals surface area contributed by atoms with E-state index < -0.39 is 5.97 Å². The van der Waals surface area contributed by atoms with Gasteiger partial charge in [0.15, 0.2) is 0 Å². The second kappa shape index (κ2) is 8.10. The van der Waals surface area contributed by atoms with Gasteiger partial charge in [-0.2, -0.15) is 0 Å². The molecule has 0 radical (unpaired) electrons. The van der Waals surface area contributed by atoms with Gasteiger partial charge in [-0.25, -0.2) is 4.79 Å². The van der Waals surface area contributed by atoms with E-state index in [0.717, 1.165) is 31.7 Å². The standard InChI is InChI=1S/C19H28N2O3/c22-14-18-13-21(10-15-4-6-16(7-5-15)19(23)24)12-17(18)11-20-8-2-1-3-9-20/h4-7,17-18,22H,1-3,8-14H2,(H,23,24)/t17-,18-/m0/s1. The van der Waals surface area contributed by atoms with Crippen LogP contribution in [0.3, 0.4) is 0 Å². The van der Waals surface area contributed by atoms with Gasteiger partial charge in [0.05, 0.1) is 5.56 Å². The largest absolute Gasteiger partial charge is 0.478 e. The molecule has 0 unspecified atom stereocenters. The quantitative estimate of drug-likeness (QED) is 0.833. The van der Waals surface area contributed by atoms with Gasteiger partial charge in [-0.15, -0.1) is 0 Å². The Hall–Kier alpha value is -1.43. The summed E-state index contributed by atoms with van der Waals surface area (Å²) in [4.78, 5) is 15.9. The summed E-state index contributed by atoms with van der Waals surface area (Å²) in [6.45, 7) is 6.52. The third-order valence-corrected chi connectivity index (χ3v) is 5.44. The molecule has 5 nitrogen and oxygen atoms in total. The summed E-state index contributed by atoms with van der Waals surface area (Å²) in [6.07, 6.45) is 3.95. The fraction of sp³-hybridized carbons (Fsp3) is 0.632. The number of nitrogens with zero attached hydrogens (tertiary/aromatic N) is 2. The maximum Gasteiger partial charge on any atom is 0.335 e. The molecule has 2 atom stereocenters. The molecule has 0 aliphatic carbocycles. The van der Waals surface area contributed by atoms with Gasteiger partial charge in [-0.1, -0.05) is 18.6 Å². The molecule has 24 heavy (non-hydrogen) atoms. The molecule has 3 rings (SSSR count). The fourth-order valence-electron chi connectivity index (χ4n) is 4.06. The summed E-state index contributed by atoms with van der Waals surface area (Å²) in [6, 6.07) is 7.13. The van der Waals surface area contributed by atoms with Crippen LogP contribution in [-0.2, 0) is 6.54 Å². The summed E-state index contributed by atoms with van der Waals surface area (Å²) < 4.78 is 0. The predicted octanol–water partition coefficient (Wildman–Crippen LogP) is 1.91. The molecule has 0 saturated carbocycles. The minimum atomic E-state index is -0.885. The second-order valence-electron chi connectivity index (χ2n) is 7.26. The van der Waals surface area contributed by atoms with E-state index in [4.69, 9.17) is 5.11 Å². The topological polar surface area (TPSA) is 64.0 Å². The minimum absolute atomic E-state index is 0.257. The molecular weight excluding hydrogens is 304 g/mol. The van der Waals surface area contributed by atoms with Gasteiger partial charge in [-0.3, -0.25) is 4.90 Å². The number of carboxylic acids is 1. The van der Waals surface area contributed by atoms with Gasteiger partial charge < -0.3 is 15.1 Å². The first-order valence-corrected chi connectivity index (χ1v) is 9.03. The normalized spacial score (nSPS) is 25.9. The van der Waals surface area contributed by atoms with Crippen LogP contribution in [0.2, 0.25) is 0 Å². The van der Waals surface area contributed by atoms with Crippen LogP contribution in [0.25, 0.3) is 0 Å². The van der Waals surface area contributed by atoms with Crippen LogP contribution in [0.15, 0.2) is 24.3 Å². The van der Waals surface area contributed by atoms with Crippen molar-refractivity contribution >= 4 is 5.97 Å². The Morgan fingerprint density at radius 3 is 2.29 bits per heavy atom. The number of carbonyl (C=O) groups is 1. The van der Waals surface area contributed by atoms with Gasteiger partial charge in [0.25, 0.3) is 0 Å². The summed E-state index contributed by atoms with van der Waals surface area (Å²) in [5.74, 6) is 0.00118. The third kappa shape index (κ3) is 4.35. The van der Waals surface area contributed by atoms with Crippen LogP contribution < -0.4 is 0 Å². The first-order chi connectivity index (χ1) is 11.7. The zero-order chi connectivity index (χ0) is 16.9. The third-order valence-electron chi connectivity index (χ3n) is 5.44. The van der Waals surface area contributed by atoms with Crippen LogP contribution in [-0.4, -0.2) is 65.3 Å². The van der Waals surface area contributed by atoms with Gasteiger partial charge in [0.2, 0.25) is 0 Å². The first kappa shape index (κ1) is 17.4. The van der Waals surface area contributed by atoms with Crippen LogP contribution >= 0.6 is 0 Å². The summed E-state index contributed by atoms with van der Waals surface area (Å²) in [7, 11) is 0. The Bertz CT molecular complexity index is 540. The van der Waals surface area contributed by atoms with Crippen molar-refractivity contribution in [3.05, 3.63) is 35.4 Å². The van der Waals surface area contributed by atoms with E-state index >= 15 is 0 Å². The predicted molar refractivity (Wildman–Crippen MR) is 93.0 cm³/mol. The zero-order valence-electron chi connectivity index (χ0n) is 14.2. The van der Waals surface area contributed by atoms with Crippen molar-refractivity contribution in [3.8, 4) is 0 Å². The number of aliphatic hydroxyl groups excluding tert-OH is 1. The lowest BCUT2D eigenvalue weighted by Crippen LogP contribution is -2.37. The van der Waals surface area contributed by atoms with Crippen LogP contribution in [0.5, 0.6) is 0 Å². The summed E-state index contributed by atoms with van der Waals surface area (Å²) in [5.41, 5.74) is 1.46. The lowest BCUT2D eigenvalue weighted by molar-refractivity contribution is 0.0697. The van der Waals surface area contributed by atoms with Crippen molar-refractivity contribution in [2.75, 3.05) is 39.3 Å². The highest BCUT2D eigenvalue weighted by Gasteiger charge is 2.33. The number of benzene rings is 1. The van der Waals surface area contributed by atoms with Crippen molar-refractivity contribution in [3.63, 3.8) is 0 Å². The number of rotatable bonds is 6. The highest BCUT2D eigenvalue weighted by molar-refractivity contribution is 5.87. The number of hydrogen-bond donors (Lipinski definition) is 2. The number of aromatic carboxylic acids is 1. The summed E-state index contributed by atoms with van der Waals surface area (Å²) >= 11 is 0. The molecule has 2 N–H and O–H groups in total. The molecule has 0 bridgehead atoms. The number of piperidine rings is 1. The van der Waals surface area contributed by atoms with Crippen molar-refractivity contribution in [2.24, 2.45) is 11.8 Å². The Balaban J connectivity index is 1.55. The smallest absolute Gasteiger partial charge is 0.335 e. The molecule has 1 aromatic carbocycles. The first-order valence-electron chi connectivity index (χ1n) is 9.03. The highest BCUT2D eigenvalue weighted by atomic mass is 16.4. The number of aliphatic hydroxyl groups is 1. The Morgan fingerprint density at radius 2 is 1.67 bits per heavy atom. The van der Waals surface area contributed by atoms with E-state index in [9.17, 15) is 9.90 Å². The summed E-state index contributed by atoms with van der Waals surface area (Å²) in [5, 5.41) is 18.7. The van der Waals surface area contributed by atoms with Crippen molar-refractivity contribution in [1.82, 2.24) is 9.80 Å².